The van der Waals surface area contributed by atoms with Gasteiger partial charge in [0.25, 0.3) is 5.97 Å². The molecule has 1 aliphatic rings. The molecule has 0 amide bonds. The molecule has 104 valence electrons. The van der Waals surface area contributed by atoms with Gasteiger partial charge < -0.3 is 5.11 Å². The first kappa shape index (κ1) is 16.9. The van der Waals surface area contributed by atoms with E-state index in [-0.39, 0.29) is 0 Å². The molecule has 0 heterocycles. The Morgan fingerprint density at radius 3 is 2.28 bits per heavy atom. The first-order valence-electron chi connectivity index (χ1n) is 6.91. The molecule has 2 heteroatoms. The van der Waals surface area contributed by atoms with Gasteiger partial charge in [0.15, 0.2) is 0 Å². The molecule has 1 atom stereocenters. The van der Waals surface area contributed by atoms with Crippen molar-refractivity contribution in [2.75, 3.05) is 0 Å². The maximum atomic E-state index is 9.00. The Labute approximate surface area is 112 Å². The van der Waals surface area contributed by atoms with Gasteiger partial charge in [-0.1, -0.05) is 36.1 Å². The number of carboxylic acids is 1. The minimum Gasteiger partial charge on any atom is -0.481 e. The largest absolute Gasteiger partial charge is 0.481 e. The highest BCUT2D eigenvalue weighted by Gasteiger charge is 2.17. The Morgan fingerprint density at radius 1 is 1.28 bits per heavy atom. The first-order valence-corrected chi connectivity index (χ1v) is 6.91. The third-order valence-corrected chi connectivity index (χ3v) is 3.27. The van der Waals surface area contributed by atoms with E-state index in [1.165, 1.54) is 37.7 Å². The molecule has 2 nitrogen and oxygen atoms in total. The third kappa shape index (κ3) is 7.31. The fraction of sp³-hybridized carbons (Fsp3) is 0.688. The van der Waals surface area contributed by atoms with Gasteiger partial charge in [-0.25, -0.2) is 0 Å². The van der Waals surface area contributed by atoms with Crippen LogP contribution in [0.25, 0.3) is 0 Å². The van der Waals surface area contributed by atoms with Crippen molar-refractivity contribution in [2.24, 2.45) is 5.92 Å². The maximum Gasteiger partial charge on any atom is 0.300 e. The van der Waals surface area contributed by atoms with Crippen LogP contribution in [0.4, 0.5) is 0 Å². The van der Waals surface area contributed by atoms with E-state index in [0.29, 0.717) is 0 Å². The van der Waals surface area contributed by atoms with E-state index in [9.17, 15) is 0 Å². The van der Waals surface area contributed by atoms with Crippen LogP contribution < -0.4 is 0 Å². The molecule has 18 heavy (non-hydrogen) atoms. The van der Waals surface area contributed by atoms with E-state index < -0.39 is 5.97 Å². The minimum atomic E-state index is -0.833. The molecule has 0 aliphatic heterocycles. The van der Waals surface area contributed by atoms with E-state index in [1.807, 2.05) is 0 Å². The third-order valence-electron chi connectivity index (χ3n) is 3.27. The van der Waals surface area contributed by atoms with E-state index in [4.69, 9.17) is 9.90 Å². The molecule has 0 aromatic rings. The van der Waals surface area contributed by atoms with Crippen molar-refractivity contribution in [2.45, 2.75) is 66.7 Å². The average molecular weight is 252 g/mol. The summed E-state index contributed by atoms with van der Waals surface area (Å²) in [6.07, 6.45) is 9.22. The van der Waals surface area contributed by atoms with Gasteiger partial charge in [0.1, 0.15) is 0 Å². The lowest BCUT2D eigenvalue weighted by Crippen LogP contribution is -2.09. The number of rotatable bonds is 2. The fourth-order valence-corrected chi connectivity index (χ4v) is 2.38. The molecule has 0 spiro atoms. The lowest BCUT2D eigenvalue weighted by Gasteiger charge is -2.25. The van der Waals surface area contributed by atoms with Crippen molar-refractivity contribution in [3.63, 3.8) is 0 Å². The molecule has 1 unspecified atom stereocenters. The maximum absolute atomic E-state index is 9.00. The number of allylic oxidation sites excluding steroid dienone is 4. The summed E-state index contributed by atoms with van der Waals surface area (Å²) in [6, 6.07) is 0. The second kappa shape index (κ2) is 8.96. The smallest absolute Gasteiger partial charge is 0.300 e. The molecule has 0 bridgehead atoms. The van der Waals surface area contributed by atoms with Crippen LogP contribution in [0.1, 0.15) is 66.7 Å². The molecule has 1 saturated carbocycles. The molecule has 1 N–H and O–H groups in total. The number of aliphatic carboxylic acids is 1. The molecule has 1 fully saturated rings. The highest BCUT2D eigenvalue weighted by atomic mass is 16.4. The topological polar surface area (TPSA) is 37.3 Å². The summed E-state index contributed by atoms with van der Waals surface area (Å²) in [5.41, 5.74) is 4.84. The van der Waals surface area contributed by atoms with E-state index in [1.54, 1.807) is 11.1 Å². The van der Waals surface area contributed by atoms with E-state index in [0.717, 1.165) is 12.8 Å². The van der Waals surface area contributed by atoms with Gasteiger partial charge in [-0.2, -0.15) is 0 Å². The normalized spacial score (nSPS) is 21.5. The summed E-state index contributed by atoms with van der Waals surface area (Å²) in [6.45, 7) is 10.1. The van der Waals surface area contributed by atoms with E-state index in [2.05, 4.69) is 33.8 Å². The van der Waals surface area contributed by atoms with Crippen molar-refractivity contribution in [3.05, 3.63) is 22.8 Å². The Hall–Kier alpha value is -1.05. The van der Waals surface area contributed by atoms with Crippen LogP contribution in [0.2, 0.25) is 0 Å². The zero-order valence-corrected chi connectivity index (χ0v) is 12.5. The van der Waals surface area contributed by atoms with Gasteiger partial charge in [-0.05, 0) is 52.4 Å². The molecule has 0 saturated heterocycles. The molecule has 0 aromatic heterocycles. The van der Waals surface area contributed by atoms with Gasteiger partial charge in [0.05, 0.1) is 0 Å². The summed E-state index contributed by atoms with van der Waals surface area (Å²) in [5.74, 6) is -0.0753. The summed E-state index contributed by atoms with van der Waals surface area (Å²) >= 11 is 0. The fourth-order valence-electron chi connectivity index (χ4n) is 2.38. The van der Waals surface area contributed by atoms with Gasteiger partial charge >= 0.3 is 0 Å². The lowest BCUT2D eigenvalue weighted by molar-refractivity contribution is -0.134. The van der Waals surface area contributed by atoms with Crippen LogP contribution in [-0.4, -0.2) is 11.1 Å². The predicted octanol–water partition coefficient (Wildman–Crippen LogP) is 4.96. The summed E-state index contributed by atoms with van der Waals surface area (Å²) < 4.78 is 0. The molecule has 1 rings (SSSR count). The van der Waals surface area contributed by atoms with Crippen molar-refractivity contribution < 1.29 is 9.90 Å². The van der Waals surface area contributed by atoms with Gasteiger partial charge in [-0.3, -0.25) is 4.79 Å². The Kier molecular flexibility index (Phi) is 8.43. The van der Waals surface area contributed by atoms with Gasteiger partial charge in [0, 0.05) is 6.92 Å². The Morgan fingerprint density at radius 2 is 1.83 bits per heavy atom. The quantitative estimate of drug-likeness (QED) is 0.705. The molecule has 1 aliphatic carbocycles. The zero-order chi connectivity index (χ0) is 14.1. The molecule has 0 aromatic carbocycles. The second-order valence-electron chi connectivity index (χ2n) is 5.27. The molecule has 0 radical (unpaired) electrons. The highest BCUT2D eigenvalue weighted by Crippen LogP contribution is 2.33. The monoisotopic (exact) mass is 252 g/mol. The summed E-state index contributed by atoms with van der Waals surface area (Å²) in [7, 11) is 0. The standard InChI is InChI=1S/C14H24.C2H4O2/c1-5-12(4)14-9-7-6-8-13(14)10-11(2)3;1-2(3)4/h10,13H,5-9H2,1-4H3;1H3,(H,3,4)/b14-12+;. The molecular formula is C16H28O2. The summed E-state index contributed by atoms with van der Waals surface area (Å²) in [4.78, 5) is 9.00. The van der Waals surface area contributed by atoms with Crippen LogP contribution in [0.15, 0.2) is 22.8 Å². The van der Waals surface area contributed by atoms with E-state index >= 15 is 0 Å². The van der Waals surface area contributed by atoms with Crippen LogP contribution in [0, 0.1) is 5.92 Å². The average Bonchev–Trinajstić information content (AvgIpc) is 2.27. The van der Waals surface area contributed by atoms with Crippen LogP contribution >= 0.6 is 0 Å². The number of hydrogen-bond acceptors (Lipinski definition) is 1. The van der Waals surface area contributed by atoms with Gasteiger partial charge in [-0.15, -0.1) is 0 Å². The first-order chi connectivity index (χ1) is 8.38. The molecular weight excluding hydrogens is 224 g/mol. The van der Waals surface area contributed by atoms with Crippen LogP contribution in [-0.2, 0) is 4.79 Å². The Bertz CT molecular complexity index is 316. The van der Waals surface area contributed by atoms with Crippen molar-refractivity contribution in [3.8, 4) is 0 Å². The van der Waals surface area contributed by atoms with Crippen molar-refractivity contribution in [1.82, 2.24) is 0 Å². The van der Waals surface area contributed by atoms with Crippen molar-refractivity contribution >= 4 is 5.97 Å². The number of carbonyl (C=O) groups is 1. The van der Waals surface area contributed by atoms with Crippen LogP contribution in [0.3, 0.4) is 0 Å². The highest BCUT2D eigenvalue weighted by molar-refractivity contribution is 5.62. The zero-order valence-electron chi connectivity index (χ0n) is 12.5. The predicted molar refractivity (Wildman–Crippen MR) is 77.7 cm³/mol. The SMILES string of the molecule is CC(=O)O.CC/C(C)=C1\CCCCC1C=C(C)C. The minimum absolute atomic E-state index is 0.758. The number of hydrogen-bond donors (Lipinski definition) is 1. The summed E-state index contributed by atoms with van der Waals surface area (Å²) in [5, 5.41) is 7.42. The van der Waals surface area contributed by atoms with Crippen LogP contribution in [0.5, 0.6) is 0 Å². The number of carboxylic acid groups (broad SMARTS) is 1. The second-order valence-corrected chi connectivity index (χ2v) is 5.27. The van der Waals surface area contributed by atoms with Gasteiger partial charge in [0.2, 0.25) is 0 Å². The lowest BCUT2D eigenvalue weighted by atomic mass is 9.80. The Balaban J connectivity index is 0.000000631. The van der Waals surface area contributed by atoms with Crippen molar-refractivity contribution in [1.29, 1.82) is 0 Å².